The molecule has 0 aromatic heterocycles. The largest absolute Gasteiger partial charge is 0.480 e. The third-order valence-electron chi connectivity index (χ3n) is 5.73. The summed E-state index contributed by atoms with van der Waals surface area (Å²) in [5.74, 6) is -1.43. The number of aliphatic carboxylic acids is 1. The van der Waals surface area contributed by atoms with Crippen molar-refractivity contribution in [3.8, 4) is 0 Å². The first-order valence-corrected chi connectivity index (χ1v) is 13.1. The number of carboxylic acid groups (broad SMARTS) is 1. The Balaban J connectivity index is 3.39. The number of carboxylic acids is 1. The van der Waals surface area contributed by atoms with E-state index in [4.69, 9.17) is 10.2 Å². The van der Waals surface area contributed by atoms with Gasteiger partial charge in [0.15, 0.2) is 6.04 Å². The van der Waals surface area contributed by atoms with Crippen LogP contribution < -0.4 is 0 Å². The number of carbonyl (C=O) groups is 2. The molecule has 6 heteroatoms. The van der Waals surface area contributed by atoms with Gasteiger partial charge in [-0.2, -0.15) is 0 Å². The molecule has 5 nitrogen and oxygen atoms in total. The first-order valence-electron chi connectivity index (χ1n) is 12.6. The van der Waals surface area contributed by atoms with Gasteiger partial charge in [-0.25, -0.2) is 4.79 Å². The maximum Gasteiger partial charge on any atom is 0.329 e. The van der Waals surface area contributed by atoms with Crippen LogP contribution in [0.15, 0.2) is 12.2 Å². The average molecular weight is 458 g/mol. The highest BCUT2D eigenvalue weighted by Crippen LogP contribution is 2.15. The summed E-state index contributed by atoms with van der Waals surface area (Å²) in [5, 5.41) is 18.0. The number of unbranched alkanes of at least 4 members (excludes halogenated alkanes) is 15. The van der Waals surface area contributed by atoms with Crippen LogP contribution in [0.3, 0.4) is 0 Å². The zero-order chi connectivity index (χ0) is 23.2. The number of aliphatic hydroxyl groups excluding tert-OH is 1. The van der Waals surface area contributed by atoms with Gasteiger partial charge in [0.25, 0.3) is 0 Å². The molecule has 2 atom stereocenters. The van der Waals surface area contributed by atoms with Crippen LogP contribution in [0.1, 0.15) is 122 Å². The quantitative estimate of drug-likeness (QED) is 0.108. The molecule has 0 bridgehead atoms. The van der Waals surface area contributed by atoms with Crippen LogP contribution in [0.25, 0.3) is 0 Å². The number of nitrogens with zero attached hydrogens (tertiary/aromatic N) is 1. The summed E-state index contributed by atoms with van der Waals surface area (Å²) in [5.41, 5.74) is 0. The highest BCUT2D eigenvalue weighted by atomic mass is 31.0. The predicted octanol–water partition coefficient (Wildman–Crippen LogP) is 6.65. The lowest BCUT2D eigenvalue weighted by Gasteiger charge is -2.22. The molecule has 0 aromatic rings. The highest BCUT2D eigenvalue weighted by molar-refractivity contribution is 7.14. The van der Waals surface area contributed by atoms with E-state index >= 15 is 0 Å². The van der Waals surface area contributed by atoms with E-state index < -0.39 is 18.6 Å². The maximum absolute atomic E-state index is 12.0. The second-order valence-corrected chi connectivity index (χ2v) is 9.14. The van der Waals surface area contributed by atoms with Crippen molar-refractivity contribution in [2.75, 3.05) is 6.61 Å². The Morgan fingerprint density at radius 2 is 1.19 bits per heavy atom. The molecule has 182 valence electrons. The Hall–Kier alpha value is -0.930. The van der Waals surface area contributed by atoms with Crippen molar-refractivity contribution in [2.24, 2.45) is 0 Å². The second-order valence-electron chi connectivity index (χ2n) is 8.59. The minimum Gasteiger partial charge on any atom is -0.480 e. The molecule has 0 spiro atoms. The van der Waals surface area contributed by atoms with Crippen LogP contribution >= 0.6 is 9.39 Å². The van der Waals surface area contributed by atoms with E-state index in [1.807, 2.05) is 0 Å². The Morgan fingerprint density at radius 1 is 0.774 bits per heavy atom. The predicted molar refractivity (Wildman–Crippen MR) is 133 cm³/mol. The van der Waals surface area contributed by atoms with Gasteiger partial charge < -0.3 is 14.9 Å². The summed E-state index contributed by atoms with van der Waals surface area (Å²) in [4.78, 5) is 22.9. The number of carbonyl (C=O) groups excluding carboxylic acids is 1. The molecule has 0 saturated heterocycles. The molecule has 31 heavy (non-hydrogen) atoms. The van der Waals surface area contributed by atoms with Gasteiger partial charge >= 0.3 is 5.97 Å². The first kappa shape index (κ1) is 30.1. The van der Waals surface area contributed by atoms with Gasteiger partial charge in [0.05, 0.1) is 6.61 Å². The molecule has 0 saturated carbocycles. The minimum atomic E-state index is -1.19. The van der Waals surface area contributed by atoms with Crippen molar-refractivity contribution in [1.29, 1.82) is 0 Å². The zero-order valence-corrected chi connectivity index (χ0v) is 21.1. The van der Waals surface area contributed by atoms with Crippen LogP contribution in [-0.4, -0.2) is 39.4 Å². The van der Waals surface area contributed by atoms with Gasteiger partial charge in [0, 0.05) is 6.42 Å². The number of allylic oxidation sites excluding steroid dienone is 2. The monoisotopic (exact) mass is 457 g/mol. The molecule has 0 aliphatic rings. The van der Waals surface area contributed by atoms with Gasteiger partial charge in [-0.3, -0.25) is 4.79 Å². The van der Waals surface area contributed by atoms with Gasteiger partial charge in [0.1, 0.15) is 0 Å². The molecule has 2 N–H and O–H groups in total. The van der Waals surface area contributed by atoms with Crippen molar-refractivity contribution in [2.45, 2.75) is 129 Å². The smallest absolute Gasteiger partial charge is 0.329 e. The number of hydrogen-bond acceptors (Lipinski definition) is 3. The average Bonchev–Trinajstić information content (AvgIpc) is 2.75. The van der Waals surface area contributed by atoms with Crippen LogP contribution in [0.5, 0.6) is 0 Å². The molecule has 0 aliphatic heterocycles. The van der Waals surface area contributed by atoms with Crippen molar-refractivity contribution in [3.05, 3.63) is 12.2 Å². The van der Waals surface area contributed by atoms with Crippen LogP contribution in [0, 0.1) is 0 Å². The van der Waals surface area contributed by atoms with Gasteiger partial charge in [-0.1, -0.05) is 96.1 Å². The lowest BCUT2D eigenvalue weighted by Crippen LogP contribution is -2.41. The van der Waals surface area contributed by atoms with E-state index in [2.05, 4.69) is 28.5 Å². The number of aliphatic hydroxyl groups is 1. The summed E-state index contributed by atoms with van der Waals surface area (Å²) in [7, 11) is 2.12. The molecule has 0 fully saturated rings. The van der Waals surface area contributed by atoms with Crippen LogP contribution in [0.4, 0.5) is 0 Å². The molecule has 2 unspecified atom stereocenters. The lowest BCUT2D eigenvalue weighted by molar-refractivity contribution is -0.147. The Morgan fingerprint density at radius 3 is 1.61 bits per heavy atom. The van der Waals surface area contributed by atoms with Crippen LogP contribution in [0.2, 0.25) is 0 Å². The summed E-state index contributed by atoms with van der Waals surface area (Å²) < 4.78 is 1.06. The number of hydrogen-bond donors (Lipinski definition) is 2. The van der Waals surface area contributed by atoms with E-state index in [1.165, 1.54) is 89.9 Å². The third kappa shape index (κ3) is 18.4. The fourth-order valence-electron chi connectivity index (χ4n) is 3.64. The van der Waals surface area contributed by atoms with Gasteiger partial charge in [-0.15, -0.1) is 0 Å². The van der Waals surface area contributed by atoms with Crippen molar-refractivity contribution in [3.63, 3.8) is 0 Å². The number of rotatable bonds is 22. The topological polar surface area (TPSA) is 77.8 Å². The van der Waals surface area contributed by atoms with Gasteiger partial charge in [-0.05, 0) is 41.5 Å². The van der Waals surface area contributed by atoms with Crippen molar-refractivity contribution >= 4 is 21.3 Å². The Kier molecular flexibility index (Phi) is 21.6. The molecule has 0 rings (SSSR count). The lowest BCUT2D eigenvalue weighted by atomic mass is 10.1. The zero-order valence-electron chi connectivity index (χ0n) is 19.9. The fourth-order valence-corrected chi connectivity index (χ4v) is 3.99. The summed E-state index contributed by atoms with van der Waals surface area (Å²) in [6, 6.07) is -1.17. The SMILES string of the molecule is CCCCCCCC/C=C\CCCCCCCCCCCC(=O)N(P)C(CO)C(=O)O. The molecule has 0 heterocycles. The minimum absolute atomic E-state index is 0.243. The highest BCUT2D eigenvalue weighted by Gasteiger charge is 2.25. The Bertz CT molecular complexity index is 470. The fraction of sp³-hybridized carbons (Fsp3) is 0.840. The number of amides is 1. The van der Waals surface area contributed by atoms with Crippen molar-refractivity contribution in [1.82, 2.24) is 4.67 Å². The summed E-state index contributed by atoms with van der Waals surface area (Å²) in [6.07, 6.45) is 26.3. The van der Waals surface area contributed by atoms with Crippen LogP contribution in [-0.2, 0) is 9.59 Å². The molecule has 0 aromatic carbocycles. The standard InChI is InChI=1S/C25H48NO4P/c1-2-3-4-5-6-7-8-9-10-11-12-13-14-15-16-17-18-19-20-21-24(28)26(31)23(22-27)25(29)30/h9-10,23,27H,2-8,11-22,31H2,1H3,(H,29,30)/b10-9-. The molecule has 0 aliphatic carbocycles. The van der Waals surface area contributed by atoms with E-state index in [0.717, 1.165) is 23.9 Å². The maximum atomic E-state index is 12.0. The Labute approximate surface area is 193 Å². The molecule has 0 radical (unpaired) electrons. The molecular weight excluding hydrogens is 409 g/mol. The normalized spacial score (nSPS) is 12.4. The van der Waals surface area contributed by atoms with E-state index in [9.17, 15) is 9.59 Å². The molecule has 1 amide bonds. The molecular formula is C25H48NO4P. The second kappa shape index (κ2) is 22.3. The van der Waals surface area contributed by atoms with E-state index in [1.54, 1.807) is 0 Å². The summed E-state index contributed by atoms with van der Waals surface area (Å²) in [6.45, 7) is 1.69. The van der Waals surface area contributed by atoms with E-state index in [0.29, 0.717) is 6.42 Å². The van der Waals surface area contributed by atoms with Gasteiger partial charge in [0.2, 0.25) is 5.91 Å². The first-order chi connectivity index (χ1) is 15.0. The summed E-state index contributed by atoms with van der Waals surface area (Å²) >= 11 is 0. The van der Waals surface area contributed by atoms with Crippen molar-refractivity contribution < 1.29 is 19.8 Å². The third-order valence-corrected chi connectivity index (χ3v) is 6.38. The van der Waals surface area contributed by atoms with E-state index in [-0.39, 0.29) is 5.91 Å².